The fraction of sp³-hybridized carbons (Fsp3) is 0.154. The normalized spacial score (nSPS) is 17.2. The highest BCUT2D eigenvalue weighted by atomic mass is 79.9. The first kappa shape index (κ1) is 23.9. The highest BCUT2D eigenvalue weighted by Crippen LogP contribution is 2.43. The molecule has 0 saturated carbocycles. The summed E-state index contributed by atoms with van der Waals surface area (Å²) in [7, 11) is 1.53. The number of carbonyl (C=O) groups is 2. The highest BCUT2D eigenvalue weighted by Gasteiger charge is 2.47. The van der Waals surface area contributed by atoms with Gasteiger partial charge in [0.15, 0.2) is 0 Å². The van der Waals surface area contributed by atoms with E-state index in [0.29, 0.717) is 44.4 Å². The van der Waals surface area contributed by atoms with Crippen LogP contribution >= 0.6 is 27.5 Å². The van der Waals surface area contributed by atoms with Crippen molar-refractivity contribution in [3.05, 3.63) is 92.9 Å². The van der Waals surface area contributed by atoms with Crippen LogP contribution in [0.5, 0.6) is 11.5 Å². The SMILES string of the molecule is CCOc1ccc(C2/C(=C(/O)c3ccc(OC)c(Br)c3)C(=O)C(=O)N2c2ccc(Cl)cc2)cc1. The van der Waals surface area contributed by atoms with E-state index in [9.17, 15) is 14.7 Å². The van der Waals surface area contributed by atoms with Gasteiger partial charge in [0.1, 0.15) is 17.3 Å². The predicted molar refractivity (Wildman–Crippen MR) is 135 cm³/mol. The van der Waals surface area contributed by atoms with Gasteiger partial charge in [-0.2, -0.15) is 0 Å². The molecule has 3 aromatic carbocycles. The molecule has 1 N–H and O–H groups in total. The van der Waals surface area contributed by atoms with Crippen molar-refractivity contribution in [2.75, 3.05) is 18.6 Å². The van der Waals surface area contributed by atoms with Crippen molar-refractivity contribution in [1.29, 1.82) is 0 Å². The second kappa shape index (κ2) is 9.91. The molecule has 1 aliphatic rings. The molecule has 3 aromatic rings. The number of ether oxygens (including phenoxy) is 2. The molecule has 1 fully saturated rings. The van der Waals surface area contributed by atoms with Crippen LogP contribution in [0.25, 0.3) is 5.76 Å². The number of carbonyl (C=O) groups excluding carboxylic acids is 2. The summed E-state index contributed by atoms with van der Waals surface area (Å²) < 4.78 is 11.4. The molecule has 174 valence electrons. The first-order valence-electron chi connectivity index (χ1n) is 10.5. The van der Waals surface area contributed by atoms with Gasteiger partial charge in [0.2, 0.25) is 0 Å². The first-order chi connectivity index (χ1) is 16.3. The maximum absolute atomic E-state index is 13.2. The number of Topliss-reactive ketones (excluding diaryl/α,β-unsaturated/α-hetero) is 1. The smallest absolute Gasteiger partial charge is 0.300 e. The lowest BCUT2D eigenvalue weighted by Crippen LogP contribution is -2.29. The second-order valence-corrected chi connectivity index (χ2v) is 8.79. The zero-order chi connectivity index (χ0) is 24.4. The minimum atomic E-state index is -0.849. The van der Waals surface area contributed by atoms with E-state index in [-0.39, 0.29) is 11.3 Å². The molecule has 1 unspecified atom stereocenters. The Kier molecular flexibility index (Phi) is 6.95. The first-order valence-corrected chi connectivity index (χ1v) is 11.7. The predicted octanol–water partition coefficient (Wildman–Crippen LogP) is 6.14. The van der Waals surface area contributed by atoms with Crippen LogP contribution in [-0.4, -0.2) is 30.5 Å². The van der Waals surface area contributed by atoms with Crippen molar-refractivity contribution >= 4 is 50.7 Å². The zero-order valence-electron chi connectivity index (χ0n) is 18.4. The highest BCUT2D eigenvalue weighted by molar-refractivity contribution is 9.10. The topological polar surface area (TPSA) is 76.1 Å². The third-order valence-electron chi connectivity index (χ3n) is 5.48. The Morgan fingerprint density at radius 1 is 1.06 bits per heavy atom. The molecule has 1 amide bonds. The molecule has 0 aromatic heterocycles. The summed E-state index contributed by atoms with van der Waals surface area (Å²) in [4.78, 5) is 27.8. The molecular formula is C26H21BrClNO5. The average molecular weight is 543 g/mol. The molecule has 0 radical (unpaired) electrons. The number of halogens is 2. The number of aliphatic hydroxyl groups excluding tert-OH is 1. The molecule has 1 heterocycles. The van der Waals surface area contributed by atoms with Gasteiger partial charge in [-0.1, -0.05) is 23.7 Å². The number of hydrogen-bond acceptors (Lipinski definition) is 5. The molecule has 1 atom stereocenters. The summed E-state index contributed by atoms with van der Waals surface area (Å²) in [6, 6.07) is 17.8. The lowest BCUT2D eigenvalue weighted by Gasteiger charge is -2.25. The number of methoxy groups -OCH3 is 1. The van der Waals surface area contributed by atoms with Crippen molar-refractivity contribution in [3.63, 3.8) is 0 Å². The molecule has 6 nitrogen and oxygen atoms in total. The van der Waals surface area contributed by atoms with E-state index >= 15 is 0 Å². The molecule has 34 heavy (non-hydrogen) atoms. The van der Waals surface area contributed by atoms with Gasteiger partial charge in [-0.05, 0) is 83.0 Å². The van der Waals surface area contributed by atoms with E-state index < -0.39 is 17.7 Å². The van der Waals surface area contributed by atoms with Gasteiger partial charge in [0.25, 0.3) is 11.7 Å². The van der Waals surface area contributed by atoms with E-state index in [4.69, 9.17) is 21.1 Å². The summed E-state index contributed by atoms with van der Waals surface area (Å²) in [6.45, 7) is 2.39. The molecule has 0 bridgehead atoms. The maximum atomic E-state index is 13.2. The molecule has 0 aliphatic carbocycles. The molecule has 0 spiro atoms. The maximum Gasteiger partial charge on any atom is 0.300 e. The minimum Gasteiger partial charge on any atom is -0.507 e. The van der Waals surface area contributed by atoms with Crippen LogP contribution in [0.1, 0.15) is 24.1 Å². The summed E-state index contributed by atoms with van der Waals surface area (Å²) in [6.07, 6.45) is 0. The van der Waals surface area contributed by atoms with Gasteiger partial charge in [0, 0.05) is 16.3 Å². The van der Waals surface area contributed by atoms with Crippen LogP contribution in [0.2, 0.25) is 5.02 Å². The third kappa shape index (κ3) is 4.41. The Morgan fingerprint density at radius 2 is 1.74 bits per heavy atom. The van der Waals surface area contributed by atoms with E-state index in [1.165, 1.54) is 12.0 Å². The quantitative estimate of drug-likeness (QED) is 0.230. The molecule has 1 aliphatic heterocycles. The van der Waals surface area contributed by atoms with Crippen LogP contribution in [0.4, 0.5) is 5.69 Å². The molecule has 1 saturated heterocycles. The number of amides is 1. The fourth-order valence-electron chi connectivity index (χ4n) is 3.90. The minimum absolute atomic E-state index is 0.0128. The van der Waals surface area contributed by atoms with Crippen LogP contribution in [-0.2, 0) is 9.59 Å². The standard InChI is InChI=1S/C26H21BrClNO5/c1-3-34-19-11-4-15(5-12-19)23-22(24(30)16-6-13-21(33-2)20(27)14-16)25(31)26(32)29(23)18-9-7-17(28)8-10-18/h4-14,23,30H,3H2,1-2H3/b24-22-. The van der Waals surface area contributed by atoms with E-state index in [2.05, 4.69) is 15.9 Å². The van der Waals surface area contributed by atoms with Gasteiger partial charge in [-0.25, -0.2) is 0 Å². The van der Waals surface area contributed by atoms with E-state index in [1.54, 1.807) is 66.7 Å². The van der Waals surface area contributed by atoms with Crippen molar-refractivity contribution in [3.8, 4) is 11.5 Å². The van der Waals surface area contributed by atoms with Crippen LogP contribution in [0.3, 0.4) is 0 Å². The number of anilines is 1. The largest absolute Gasteiger partial charge is 0.507 e. The summed E-state index contributed by atoms with van der Waals surface area (Å²) in [5.41, 5.74) is 1.49. The molecular weight excluding hydrogens is 522 g/mol. The average Bonchev–Trinajstić information content (AvgIpc) is 3.10. The van der Waals surface area contributed by atoms with E-state index in [1.807, 2.05) is 6.92 Å². The lowest BCUT2D eigenvalue weighted by molar-refractivity contribution is -0.132. The van der Waals surface area contributed by atoms with Crippen LogP contribution in [0, 0.1) is 0 Å². The number of aliphatic hydroxyl groups is 1. The monoisotopic (exact) mass is 541 g/mol. The number of nitrogens with zero attached hydrogens (tertiary/aromatic N) is 1. The Hall–Kier alpha value is -3.29. The van der Waals surface area contributed by atoms with Gasteiger partial charge in [-0.15, -0.1) is 0 Å². The van der Waals surface area contributed by atoms with Gasteiger partial charge < -0.3 is 14.6 Å². The number of ketones is 1. The van der Waals surface area contributed by atoms with Gasteiger partial charge in [0.05, 0.1) is 29.8 Å². The zero-order valence-corrected chi connectivity index (χ0v) is 20.8. The number of rotatable bonds is 6. The van der Waals surface area contributed by atoms with Crippen molar-refractivity contribution in [2.24, 2.45) is 0 Å². The number of benzene rings is 3. The van der Waals surface area contributed by atoms with Crippen molar-refractivity contribution in [1.82, 2.24) is 0 Å². The van der Waals surface area contributed by atoms with E-state index in [0.717, 1.165) is 0 Å². The lowest BCUT2D eigenvalue weighted by atomic mass is 9.95. The Labute approximate surface area is 210 Å². The van der Waals surface area contributed by atoms with Gasteiger partial charge in [-0.3, -0.25) is 14.5 Å². The Bertz CT molecular complexity index is 1270. The number of hydrogen-bond donors (Lipinski definition) is 1. The third-order valence-corrected chi connectivity index (χ3v) is 6.35. The van der Waals surface area contributed by atoms with Crippen molar-refractivity contribution in [2.45, 2.75) is 13.0 Å². The Morgan fingerprint density at radius 3 is 2.32 bits per heavy atom. The van der Waals surface area contributed by atoms with Gasteiger partial charge >= 0.3 is 0 Å². The summed E-state index contributed by atoms with van der Waals surface area (Å²) in [5, 5.41) is 11.7. The molecule has 4 rings (SSSR count). The second-order valence-electron chi connectivity index (χ2n) is 7.50. The van der Waals surface area contributed by atoms with Crippen LogP contribution < -0.4 is 14.4 Å². The molecule has 8 heteroatoms. The van der Waals surface area contributed by atoms with Crippen molar-refractivity contribution < 1.29 is 24.2 Å². The Balaban J connectivity index is 1.90. The van der Waals surface area contributed by atoms with Crippen LogP contribution in [0.15, 0.2) is 76.8 Å². The fourth-order valence-corrected chi connectivity index (χ4v) is 4.56. The summed E-state index contributed by atoms with van der Waals surface area (Å²) >= 11 is 9.44. The summed E-state index contributed by atoms with van der Waals surface area (Å²) in [5.74, 6) is -0.569.